The van der Waals surface area contributed by atoms with Crippen molar-refractivity contribution in [2.45, 2.75) is 31.3 Å². The Morgan fingerprint density at radius 1 is 1.34 bits per heavy atom. The molecule has 0 radical (unpaired) electrons. The molecule has 1 amide bonds. The average molecular weight is 429 g/mol. The highest BCUT2D eigenvalue weighted by molar-refractivity contribution is 7.76. The highest BCUT2D eigenvalue weighted by Gasteiger charge is 2.39. The maximum absolute atomic E-state index is 12.6. The number of hydrogen-bond acceptors (Lipinski definition) is 6. The third kappa shape index (κ3) is 4.96. The smallest absolute Gasteiger partial charge is 0.417 e. The molecule has 0 spiro atoms. The molecule has 0 aromatic carbocycles. The van der Waals surface area contributed by atoms with Gasteiger partial charge in [0.05, 0.1) is 29.6 Å². The van der Waals surface area contributed by atoms with Crippen molar-refractivity contribution < 1.29 is 31.8 Å². The molecule has 1 aliphatic heterocycles. The largest absolute Gasteiger partial charge is 0.760 e. The number of aromatic nitrogens is 2. The lowest BCUT2D eigenvalue weighted by Crippen LogP contribution is -2.48. The van der Waals surface area contributed by atoms with Gasteiger partial charge in [-0.2, -0.15) is 13.2 Å². The third-order valence-corrected chi connectivity index (χ3v) is 5.22. The fraction of sp³-hybridized carbons (Fsp3) is 0.353. The van der Waals surface area contributed by atoms with Crippen molar-refractivity contribution in [3.8, 4) is 11.3 Å². The predicted octanol–water partition coefficient (Wildman–Crippen LogP) is 1.01. The normalized spacial score (nSPS) is 21.1. The molecule has 8 nitrogen and oxygen atoms in total. The van der Waals surface area contributed by atoms with Gasteiger partial charge in [0.2, 0.25) is 5.91 Å². The number of aliphatic hydroxyl groups excluding tert-OH is 1. The number of rotatable bonds is 5. The quantitative estimate of drug-likeness (QED) is 0.685. The van der Waals surface area contributed by atoms with E-state index in [1.54, 1.807) is 12.1 Å². The first kappa shape index (κ1) is 21.3. The van der Waals surface area contributed by atoms with Crippen LogP contribution in [0.1, 0.15) is 17.7 Å². The minimum absolute atomic E-state index is 0.0443. The van der Waals surface area contributed by atoms with E-state index in [-0.39, 0.29) is 19.5 Å². The van der Waals surface area contributed by atoms with E-state index in [0.29, 0.717) is 17.0 Å². The molecule has 3 rings (SSSR count). The molecule has 0 saturated carbocycles. The Kier molecular flexibility index (Phi) is 6.27. The summed E-state index contributed by atoms with van der Waals surface area (Å²) in [5, 5.41) is 12.4. The number of nitrogens with zero attached hydrogens (tertiary/aromatic N) is 3. The van der Waals surface area contributed by atoms with Crippen LogP contribution in [-0.4, -0.2) is 52.7 Å². The van der Waals surface area contributed by atoms with Crippen molar-refractivity contribution >= 4 is 17.2 Å². The van der Waals surface area contributed by atoms with Gasteiger partial charge in [-0.15, -0.1) is 0 Å². The first-order valence-corrected chi connectivity index (χ1v) is 9.50. The molecule has 12 heteroatoms. The van der Waals surface area contributed by atoms with E-state index in [4.69, 9.17) is 0 Å². The van der Waals surface area contributed by atoms with Crippen LogP contribution in [0.5, 0.6) is 0 Å². The van der Waals surface area contributed by atoms with E-state index < -0.39 is 41.1 Å². The van der Waals surface area contributed by atoms with Crippen molar-refractivity contribution in [3.05, 3.63) is 47.9 Å². The molecule has 29 heavy (non-hydrogen) atoms. The molecule has 3 atom stereocenters. The summed E-state index contributed by atoms with van der Waals surface area (Å²) < 4.78 is 61.1. The lowest BCUT2D eigenvalue weighted by atomic mass is 10.1. The van der Waals surface area contributed by atoms with E-state index in [1.165, 1.54) is 12.3 Å². The van der Waals surface area contributed by atoms with Gasteiger partial charge in [0.25, 0.3) is 0 Å². The second-order valence-corrected chi connectivity index (χ2v) is 7.25. The second kappa shape index (κ2) is 8.53. The minimum Gasteiger partial charge on any atom is -0.760 e. The second-order valence-electron chi connectivity index (χ2n) is 6.34. The molecular formula is C17H16F3N4O4S-. The molecule has 2 aromatic heterocycles. The molecular weight excluding hydrogens is 413 g/mol. The lowest BCUT2D eigenvalue weighted by Gasteiger charge is -2.26. The number of halogens is 3. The molecule has 2 unspecified atom stereocenters. The van der Waals surface area contributed by atoms with Crippen molar-refractivity contribution in [2.75, 3.05) is 6.54 Å². The summed E-state index contributed by atoms with van der Waals surface area (Å²) in [6.07, 6.45) is -3.29. The number of carbonyl (C=O) groups excluding carboxylic acids is 1. The van der Waals surface area contributed by atoms with Gasteiger partial charge in [-0.3, -0.25) is 19.0 Å². The zero-order chi connectivity index (χ0) is 21.2. The van der Waals surface area contributed by atoms with Crippen molar-refractivity contribution in [1.82, 2.24) is 19.6 Å². The standard InChI is InChI=1S/C17H17F3N4O4S/c18-17(19,20)11-1-2-13(22-8-11)10-3-5-21-12(7-10)9-23-16(26)15-14(25)4-6-24(15)29(27)28/h1-3,5,7-8,14-15,25H,4,6,9H2,(H,23,26)(H,27,28)/p-1/t14-,15?/m0/s1. The summed E-state index contributed by atoms with van der Waals surface area (Å²) in [7, 11) is 0. The molecule has 1 aliphatic rings. The topological polar surface area (TPSA) is 118 Å². The molecule has 2 aromatic rings. The predicted molar refractivity (Wildman–Crippen MR) is 94.4 cm³/mol. The number of pyridine rings is 2. The average Bonchev–Trinajstić information content (AvgIpc) is 3.08. The van der Waals surface area contributed by atoms with Gasteiger partial charge in [0, 0.05) is 35.8 Å². The van der Waals surface area contributed by atoms with E-state index in [1.807, 2.05) is 0 Å². The lowest BCUT2D eigenvalue weighted by molar-refractivity contribution is -0.137. The van der Waals surface area contributed by atoms with Gasteiger partial charge >= 0.3 is 6.18 Å². The summed E-state index contributed by atoms with van der Waals surface area (Å²) in [5.41, 5.74) is 0.325. The van der Waals surface area contributed by atoms with E-state index in [2.05, 4.69) is 15.3 Å². The highest BCUT2D eigenvalue weighted by Crippen LogP contribution is 2.29. The zero-order valence-electron chi connectivity index (χ0n) is 14.8. The van der Waals surface area contributed by atoms with Crippen molar-refractivity contribution in [2.24, 2.45) is 0 Å². The van der Waals surface area contributed by atoms with Crippen LogP contribution >= 0.6 is 0 Å². The molecule has 3 heterocycles. The van der Waals surface area contributed by atoms with Crippen LogP contribution in [-0.2, 0) is 28.8 Å². The van der Waals surface area contributed by atoms with Gasteiger partial charge in [-0.1, -0.05) is 0 Å². The molecule has 156 valence electrons. The van der Waals surface area contributed by atoms with Crippen LogP contribution in [0.2, 0.25) is 0 Å². The Bertz CT molecular complexity index is 910. The van der Waals surface area contributed by atoms with E-state index >= 15 is 0 Å². The molecule has 0 aliphatic carbocycles. The zero-order valence-corrected chi connectivity index (χ0v) is 15.6. The van der Waals surface area contributed by atoms with E-state index in [0.717, 1.165) is 16.6 Å². The van der Waals surface area contributed by atoms with Crippen LogP contribution < -0.4 is 5.32 Å². The number of amides is 1. The SMILES string of the molecule is O=C(NCc1cc(-c2ccc(C(F)(F)F)cn2)ccn1)C1[C@@H](O)CCN1S(=O)[O-]. The Labute approximate surface area is 166 Å². The monoisotopic (exact) mass is 429 g/mol. The minimum atomic E-state index is -4.48. The van der Waals surface area contributed by atoms with Gasteiger partial charge in [-0.05, 0) is 30.7 Å². The fourth-order valence-corrected chi connectivity index (χ4v) is 3.65. The van der Waals surface area contributed by atoms with Crippen LogP contribution in [0.25, 0.3) is 11.3 Å². The summed E-state index contributed by atoms with van der Waals surface area (Å²) in [5.74, 6) is -0.668. The van der Waals surface area contributed by atoms with E-state index in [9.17, 15) is 31.8 Å². The molecule has 1 saturated heterocycles. The Morgan fingerprint density at radius 3 is 2.72 bits per heavy atom. The van der Waals surface area contributed by atoms with Crippen molar-refractivity contribution in [3.63, 3.8) is 0 Å². The molecule has 0 bridgehead atoms. The van der Waals surface area contributed by atoms with Gasteiger partial charge in [0.15, 0.2) is 0 Å². The summed E-state index contributed by atoms with van der Waals surface area (Å²) >= 11 is -2.64. The maximum Gasteiger partial charge on any atom is 0.417 e. The Morgan fingerprint density at radius 2 is 2.10 bits per heavy atom. The molecule has 2 N–H and O–H groups in total. The van der Waals surface area contributed by atoms with Crippen molar-refractivity contribution in [1.29, 1.82) is 0 Å². The fourth-order valence-electron chi connectivity index (χ4n) is 2.97. The summed E-state index contributed by atoms with van der Waals surface area (Å²) in [4.78, 5) is 20.2. The summed E-state index contributed by atoms with van der Waals surface area (Å²) in [6, 6.07) is 4.04. The first-order valence-electron chi connectivity index (χ1n) is 8.47. The first-order chi connectivity index (χ1) is 13.7. The Hall–Kier alpha value is -2.41. The maximum atomic E-state index is 12.6. The van der Waals surface area contributed by atoms with Gasteiger partial charge in [0.1, 0.15) is 6.04 Å². The molecule has 1 fully saturated rings. The number of alkyl halides is 3. The highest BCUT2D eigenvalue weighted by atomic mass is 32.2. The number of aliphatic hydroxyl groups is 1. The number of carbonyl (C=O) groups is 1. The number of hydrogen-bond donors (Lipinski definition) is 2. The van der Waals surface area contributed by atoms with Gasteiger partial charge in [-0.25, -0.2) is 4.31 Å². The Balaban J connectivity index is 1.69. The summed E-state index contributed by atoms with van der Waals surface area (Å²) in [6.45, 7) is -0.0153. The third-order valence-electron chi connectivity index (χ3n) is 4.43. The van der Waals surface area contributed by atoms with Crippen LogP contribution in [0.3, 0.4) is 0 Å². The van der Waals surface area contributed by atoms with Crippen LogP contribution in [0, 0.1) is 0 Å². The van der Waals surface area contributed by atoms with Crippen LogP contribution in [0.15, 0.2) is 36.7 Å². The van der Waals surface area contributed by atoms with Gasteiger partial charge < -0.3 is 15.0 Å². The van der Waals surface area contributed by atoms with Crippen LogP contribution in [0.4, 0.5) is 13.2 Å². The number of nitrogens with one attached hydrogen (secondary N) is 1.